The molecule has 2 N–H and O–H groups in total. The summed E-state index contributed by atoms with van der Waals surface area (Å²) in [7, 11) is 0. The highest BCUT2D eigenvalue weighted by Crippen LogP contribution is 2.25. The number of amides is 2. The largest absolute Gasteiger partial charge is 0.393 e. The topological polar surface area (TPSA) is 78.4 Å². The van der Waals surface area contributed by atoms with Crippen molar-refractivity contribution in [3.8, 4) is 0 Å². The van der Waals surface area contributed by atoms with E-state index >= 15 is 0 Å². The van der Waals surface area contributed by atoms with Gasteiger partial charge in [-0.25, -0.2) is 9.78 Å². The lowest BCUT2D eigenvalue weighted by molar-refractivity contribution is 0.0534. The molecule has 2 rings (SSSR count). The number of piperidine rings is 1. The van der Waals surface area contributed by atoms with Crippen LogP contribution in [0.1, 0.15) is 38.9 Å². The lowest BCUT2D eigenvalue weighted by Gasteiger charge is -2.34. The summed E-state index contributed by atoms with van der Waals surface area (Å²) in [6, 6.07) is -0.122. The van der Waals surface area contributed by atoms with Crippen molar-refractivity contribution in [1.82, 2.24) is 14.3 Å². The highest BCUT2D eigenvalue weighted by Gasteiger charge is 2.28. The van der Waals surface area contributed by atoms with Gasteiger partial charge in [-0.3, -0.25) is 5.32 Å². The number of nitrogens with zero attached hydrogens (tertiary/aromatic N) is 3. The monoisotopic (exact) mass is 312 g/mol. The molecular formula is C14H24N4O2S. The fourth-order valence-corrected chi connectivity index (χ4v) is 3.25. The number of aromatic nitrogens is 2. The number of anilines is 1. The summed E-state index contributed by atoms with van der Waals surface area (Å²) in [6.07, 6.45) is 2.30. The fraction of sp³-hybridized carbons (Fsp3) is 0.786. The summed E-state index contributed by atoms with van der Waals surface area (Å²) >= 11 is 1.19. The SMILES string of the molecule is Cc1nsc(NC(=O)N2CCC([C@H](O)CC(C)C)CC2)n1. The van der Waals surface area contributed by atoms with Crippen LogP contribution in [-0.2, 0) is 0 Å². The molecule has 0 unspecified atom stereocenters. The van der Waals surface area contributed by atoms with Crippen molar-refractivity contribution in [1.29, 1.82) is 0 Å². The third-order valence-electron chi connectivity index (χ3n) is 3.83. The average molecular weight is 312 g/mol. The van der Waals surface area contributed by atoms with Gasteiger partial charge in [0.05, 0.1) is 6.10 Å². The first-order valence-corrected chi connectivity index (χ1v) is 8.27. The van der Waals surface area contributed by atoms with Crippen LogP contribution in [0.15, 0.2) is 0 Å². The van der Waals surface area contributed by atoms with E-state index in [-0.39, 0.29) is 12.1 Å². The Balaban J connectivity index is 1.79. The van der Waals surface area contributed by atoms with E-state index in [4.69, 9.17) is 0 Å². The lowest BCUT2D eigenvalue weighted by atomic mass is 9.87. The Morgan fingerprint density at radius 1 is 1.48 bits per heavy atom. The molecule has 0 saturated carbocycles. The van der Waals surface area contributed by atoms with E-state index in [0.717, 1.165) is 19.3 Å². The van der Waals surface area contributed by atoms with Gasteiger partial charge in [-0.2, -0.15) is 4.37 Å². The van der Waals surface area contributed by atoms with Crippen LogP contribution < -0.4 is 5.32 Å². The summed E-state index contributed by atoms with van der Waals surface area (Å²) in [5, 5.41) is 13.5. The van der Waals surface area contributed by atoms with Gasteiger partial charge in [0.25, 0.3) is 0 Å². The Morgan fingerprint density at radius 3 is 2.67 bits per heavy atom. The first kappa shape index (κ1) is 16.2. The number of nitrogens with one attached hydrogen (secondary N) is 1. The molecule has 1 saturated heterocycles. The van der Waals surface area contributed by atoms with Crippen molar-refractivity contribution in [2.45, 2.75) is 46.1 Å². The zero-order chi connectivity index (χ0) is 15.4. The van der Waals surface area contributed by atoms with Crippen molar-refractivity contribution < 1.29 is 9.90 Å². The van der Waals surface area contributed by atoms with Gasteiger partial charge in [0.2, 0.25) is 5.13 Å². The van der Waals surface area contributed by atoms with E-state index < -0.39 is 0 Å². The Labute approximate surface area is 129 Å². The van der Waals surface area contributed by atoms with Crippen LogP contribution >= 0.6 is 11.5 Å². The Bertz CT molecular complexity index is 469. The average Bonchev–Trinajstić information content (AvgIpc) is 2.83. The number of carbonyl (C=O) groups excluding carboxylic acids is 1. The predicted molar refractivity (Wildman–Crippen MR) is 83.4 cm³/mol. The van der Waals surface area contributed by atoms with Gasteiger partial charge in [-0.15, -0.1) is 0 Å². The highest BCUT2D eigenvalue weighted by atomic mass is 32.1. The normalized spacial score (nSPS) is 18.0. The van der Waals surface area contributed by atoms with E-state index in [1.54, 1.807) is 11.8 Å². The molecule has 0 radical (unpaired) electrons. The molecule has 0 bridgehead atoms. The number of hydrogen-bond donors (Lipinski definition) is 2. The molecule has 0 aliphatic carbocycles. The molecule has 7 heteroatoms. The van der Waals surface area contributed by atoms with E-state index in [0.29, 0.717) is 35.9 Å². The van der Waals surface area contributed by atoms with Crippen LogP contribution in [0.25, 0.3) is 0 Å². The minimum absolute atomic E-state index is 0.122. The van der Waals surface area contributed by atoms with Crippen LogP contribution in [-0.4, -0.2) is 44.6 Å². The summed E-state index contributed by atoms with van der Waals surface area (Å²) in [6.45, 7) is 7.41. The number of likely N-dealkylation sites (tertiary alicyclic amines) is 1. The van der Waals surface area contributed by atoms with Gasteiger partial charge in [0.15, 0.2) is 0 Å². The molecule has 1 fully saturated rings. The second-order valence-corrected chi connectivity index (χ2v) is 6.85. The number of aliphatic hydroxyl groups excluding tert-OH is 1. The van der Waals surface area contributed by atoms with Crippen LogP contribution in [0, 0.1) is 18.8 Å². The maximum absolute atomic E-state index is 12.1. The molecule has 0 aromatic carbocycles. The first-order valence-electron chi connectivity index (χ1n) is 7.50. The number of rotatable bonds is 4. The molecule has 2 amide bonds. The molecule has 0 spiro atoms. The van der Waals surface area contributed by atoms with Crippen molar-refractivity contribution in [3.05, 3.63) is 5.82 Å². The molecule has 1 aliphatic heterocycles. The zero-order valence-electron chi connectivity index (χ0n) is 12.9. The van der Waals surface area contributed by atoms with Gasteiger partial charge < -0.3 is 10.0 Å². The highest BCUT2D eigenvalue weighted by molar-refractivity contribution is 7.09. The van der Waals surface area contributed by atoms with Crippen molar-refractivity contribution >= 4 is 22.7 Å². The summed E-state index contributed by atoms with van der Waals surface area (Å²) in [5.74, 6) is 1.48. The van der Waals surface area contributed by atoms with E-state index in [1.165, 1.54) is 11.5 Å². The maximum atomic E-state index is 12.1. The maximum Gasteiger partial charge on any atom is 0.323 e. The number of urea groups is 1. The second kappa shape index (κ2) is 7.17. The molecule has 21 heavy (non-hydrogen) atoms. The van der Waals surface area contributed by atoms with Gasteiger partial charge in [-0.05, 0) is 38.0 Å². The predicted octanol–water partition coefficient (Wildman–Crippen LogP) is 2.50. The minimum Gasteiger partial charge on any atom is -0.393 e. The molecule has 1 aromatic rings. The lowest BCUT2D eigenvalue weighted by Crippen LogP contribution is -2.43. The Morgan fingerprint density at radius 2 is 2.14 bits per heavy atom. The van der Waals surface area contributed by atoms with Crippen LogP contribution in [0.2, 0.25) is 0 Å². The van der Waals surface area contributed by atoms with E-state index in [2.05, 4.69) is 28.5 Å². The zero-order valence-corrected chi connectivity index (χ0v) is 13.7. The van der Waals surface area contributed by atoms with Gasteiger partial charge >= 0.3 is 6.03 Å². The van der Waals surface area contributed by atoms with Crippen molar-refractivity contribution in [3.63, 3.8) is 0 Å². The molecule has 1 aromatic heterocycles. The number of carbonyl (C=O) groups is 1. The third-order valence-corrected chi connectivity index (χ3v) is 4.55. The molecule has 1 aliphatic rings. The number of aryl methyl sites for hydroxylation is 1. The Kier molecular flexibility index (Phi) is 5.52. The number of hydrogen-bond acceptors (Lipinski definition) is 5. The molecule has 1 atom stereocenters. The second-order valence-electron chi connectivity index (χ2n) is 6.10. The standard InChI is InChI=1S/C14H24N4O2S/c1-9(2)8-12(19)11-4-6-18(7-5-11)14(20)16-13-15-10(3)17-21-13/h9,11-12,19H,4-8H2,1-3H3,(H,15,16,17,20)/t12-/m1/s1. The quantitative estimate of drug-likeness (QED) is 0.895. The number of aliphatic hydroxyl groups is 1. The summed E-state index contributed by atoms with van der Waals surface area (Å²) in [4.78, 5) is 18.0. The van der Waals surface area contributed by atoms with Crippen LogP contribution in [0.5, 0.6) is 0 Å². The van der Waals surface area contributed by atoms with Gasteiger partial charge in [-0.1, -0.05) is 13.8 Å². The van der Waals surface area contributed by atoms with E-state index in [9.17, 15) is 9.90 Å². The smallest absolute Gasteiger partial charge is 0.323 e. The third kappa shape index (κ3) is 4.64. The van der Waals surface area contributed by atoms with Gasteiger partial charge in [0, 0.05) is 24.6 Å². The van der Waals surface area contributed by atoms with Gasteiger partial charge in [0.1, 0.15) is 5.82 Å². The summed E-state index contributed by atoms with van der Waals surface area (Å²) < 4.78 is 4.04. The Hall–Kier alpha value is -1.21. The molecule has 6 nitrogen and oxygen atoms in total. The van der Waals surface area contributed by atoms with E-state index in [1.807, 2.05) is 0 Å². The van der Waals surface area contributed by atoms with Crippen molar-refractivity contribution in [2.24, 2.45) is 11.8 Å². The first-order chi connectivity index (χ1) is 9.95. The molecule has 2 heterocycles. The molecule has 118 valence electrons. The summed E-state index contributed by atoms with van der Waals surface area (Å²) in [5.41, 5.74) is 0. The fourth-order valence-electron chi connectivity index (χ4n) is 2.68. The molecular weight excluding hydrogens is 288 g/mol. The van der Waals surface area contributed by atoms with Crippen LogP contribution in [0.3, 0.4) is 0 Å². The van der Waals surface area contributed by atoms with Crippen LogP contribution in [0.4, 0.5) is 9.93 Å². The minimum atomic E-state index is -0.249. The van der Waals surface area contributed by atoms with Crippen molar-refractivity contribution in [2.75, 3.05) is 18.4 Å².